The van der Waals surface area contributed by atoms with Gasteiger partial charge < -0.3 is 10.0 Å². The van der Waals surface area contributed by atoms with E-state index in [1.54, 1.807) is 11.0 Å². The number of β-amino-alcohol motifs (C(OH)–C–C–N with tert-alkyl or cyclic N) is 1. The van der Waals surface area contributed by atoms with Gasteiger partial charge >= 0.3 is 0 Å². The average Bonchev–Trinajstić information content (AvgIpc) is 2.91. The van der Waals surface area contributed by atoms with Crippen LogP contribution >= 0.6 is 0 Å². The van der Waals surface area contributed by atoms with Crippen LogP contribution in [0.3, 0.4) is 0 Å². The summed E-state index contributed by atoms with van der Waals surface area (Å²) in [4.78, 5) is 18.1. The zero-order chi connectivity index (χ0) is 13.9. The highest BCUT2D eigenvalue weighted by molar-refractivity contribution is 5.92. The first kappa shape index (κ1) is 12.8. The van der Waals surface area contributed by atoms with Crippen molar-refractivity contribution in [2.45, 2.75) is 12.5 Å². The van der Waals surface area contributed by atoms with E-state index in [-0.39, 0.29) is 12.0 Å². The van der Waals surface area contributed by atoms with E-state index in [0.29, 0.717) is 19.5 Å². The largest absolute Gasteiger partial charge is 0.391 e. The lowest BCUT2D eigenvalue weighted by Crippen LogP contribution is -2.27. The number of benzene rings is 1. The molecule has 1 aromatic carbocycles. The Kier molecular flexibility index (Phi) is 3.48. The summed E-state index contributed by atoms with van der Waals surface area (Å²) in [6.45, 7) is 1.05. The van der Waals surface area contributed by atoms with Crippen molar-refractivity contribution in [3.8, 4) is 0 Å². The minimum absolute atomic E-state index is 0.0727. The van der Waals surface area contributed by atoms with E-state index in [1.807, 2.05) is 36.4 Å². The molecule has 4 heteroatoms. The van der Waals surface area contributed by atoms with Crippen LogP contribution in [0.15, 0.2) is 42.5 Å². The second-order valence-electron chi connectivity index (χ2n) is 4.99. The Hall–Kier alpha value is -2.20. The number of nitrogens with zero attached hydrogens (tertiary/aromatic N) is 2. The van der Waals surface area contributed by atoms with E-state index in [4.69, 9.17) is 0 Å². The molecule has 4 nitrogen and oxygen atoms in total. The third-order valence-corrected chi connectivity index (χ3v) is 3.49. The van der Waals surface area contributed by atoms with E-state index in [9.17, 15) is 9.90 Å². The minimum atomic E-state index is -0.383. The van der Waals surface area contributed by atoms with Crippen LogP contribution in [-0.2, 0) is 4.79 Å². The van der Waals surface area contributed by atoms with Crippen LogP contribution in [0.25, 0.3) is 17.0 Å². The molecule has 0 bridgehead atoms. The maximum absolute atomic E-state index is 11.9. The fourth-order valence-electron chi connectivity index (χ4n) is 2.38. The van der Waals surface area contributed by atoms with Gasteiger partial charge in [-0.05, 0) is 24.6 Å². The van der Waals surface area contributed by atoms with E-state index >= 15 is 0 Å². The molecule has 1 atom stereocenters. The molecule has 0 spiro atoms. The number of aliphatic hydroxyl groups is 1. The lowest BCUT2D eigenvalue weighted by atomic mass is 10.2. The number of aromatic nitrogens is 1. The summed E-state index contributed by atoms with van der Waals surface area (Å²) in [5.74, 6) is -0.0727. The van der Waals surface area contributed by atoms with Gasteiger partial charge in [0.2, 0.25) is 5.91 Å². The zero-order valence-electron chi connectivity index (χ0n) is 11.1. The topological polar surface area (TPSA) is 53.4 Å². The van der Waals surface area contributed by atoms with Gasteiger partial charge in [-0.2, -0.15) is 0 Å². The Balaban J connectivity index is 1.75. The number of rotatable bonds is 2. The van der Waals surface area contributed by atoms with E-state index in [2.05, 4.69) is 4.98 Å². The lowest BCUT2D eigenvalue weighted by molar-refractivity contribution is -0.125. The standard InChI is InChI=1S/C16H16N2O2/c19-14-9-10-18(11-14)16(20)8-7-13-6-5-12-3-1-2-4-15(12)17-13/h1-8,14,19H,9-11H2/t14-/m1/s1. The Morgan fingerprint density at radius 3 is 2.95 bits per heavy atom. The van der Waals surface area contributed by atoms with Crippen LogP contribution < -0.4 is 0 Å². The van der Waals surface area contributed by atoms with Gasteiger partial charge in [0.25, 0.3) is 0 Å². The second-order valence-corrected chi connectivity index (χ2v) is 4.99. The van der Waals surface area contributed by atoms with Crippen molar-refractivity contribution in [1.82, 2.24) is 9.88 Å². The molecule has 1 saturated heterocycles. The van der Waals surface area contributed by atoms with Crippen molar-refractivity contribution >= 4 is 22.9 Å². The number of carbonyl (C=O) groups excluding carboxylic acids is 1. The normalized spacial score (nSPS) is 19.1. The molecular weight excluding hydrogens is 252 g/mol. The Morgan fingerprint density at radius 1 is 1.30 bits per heavy atom. The van der Waals surface area contributed by atoms with Crippen LogP contribution in [0.2, 0.25) is 0 Å². The summed E-state index contributed by atoms with van der Waals surface area (Å²) in [7, 11) is 0. The molecule has 1 aromatic heterocycles. The highest BCUT2D eigenvalue weighted by Crippen LogP contribution is 2.13. The zero-order valence-corrected chi connectivity index (χ0v) is 11.1. The summed E-state index contributed by atoms with van der Waals surface area (Å²) >= 11 is 0. The van der Waals surface area contributed by atoms with E-state index in [1.165, 1.54) is 6.08 Å². The molecule has 0 radical (unpaired) electrons. The van der Waals surface area contributed by atoms with Gasteiger partial charge in [-0.1, -0.05) is 24.3 Å². The van der Waals surface area contributed by atoms with Crippen molar-refractivity contribution in [2.75, 3.05) is 13.1 Å². The first-order valence-electron chi connectivity index (χ1n) is 6.73. The number of amides is 1. The molecule has 1 amide bonds. The van der Waals surface area contributed by atoms with Crippen molar-refractivity contribution < 1.29 is 9.90 Å². The van der Waals surface area contributed by atoms with Crippen molar-refractivity contribution in [2.24, 2.45) is 0 Å². The Bertz CT molecular complexity index is 666. The quantitative estimate of drug-likeness (QED) is 0.846. The van der Waals surface area contributed by atoms with Gasteiger partial charge in [0.05, 0.1) is 17.3 Å². The molecule has 0 unspecified atom stereocenters. The van der Waals surface area contributed by atoms with Crippen molar-refractivity contribution in [3.05, 3.63) is 48.2 Å². The maximum atomic E-state index is 11.9. The number of pyridine rings is 1. The van der Waals surface area contributed by atoms with Gasteiger partial charge in [0.1, 0.15) is 0 Å². The number of hydrogen-bond donors (Lipinski definition) is 1. The fraction of sp³-hybridized carbons (Fsp3) is 0.250. The molecule has 2 heterocycles. The number of carbonyl (C=O) groups is 1. The molecule has 0 aliphatic carbocycles. The predicted molar refractivity (Wildman–Crippen MR) is 78.0 cm³/mol. The van der Waals surface area contributed by atoms with Crippen molar-refractivity contribution in [3.63, 3.8) is 0 Å². The lowest BCUT2D eigenvalue weighted by Gasteiger charge is -2.12. The minimum Gasteiger partial charge on any atom is -0.391 e. The number of likely N-dealkylation sites (tertiary alicyclic amines) is 1. The van der Waals surface area contributed by atoms with Gasteiger partial charge in [-0.3, -0.25) is 4.79 Å². The van der Waals surface area contributed by atoms with E-state index < -0.39 is 0 Å². The van der Waals surface area contributed by atoms with Crippen LogP contribution in [0.5, 0.6) is 0 Å². The van der Waals surface area contributed by atoms with Gasteiger partial charge in [0.15, 0.2) is 0 Å². The van der Waals surface area contributed by atoms with Crippen LogP contribution in [-0.4, -0.2) is 40.1 Å². The molecule has 102 valence electrons. The summed E-state index contributed by atoms with van der Waals surface area (Å²) in [6, 6.07) is 11.8. The second kappa shape index (κ2) is 5.43. The molecule has 1 aliphatic rings. The molecule has 0 saturated carbocycles. The fourth-order valence-corrected chi connectivity index (χ4v) is 2.38. The molecule has 1 fully saturated rings. The Labute approximate surface area is 117 Å². The summed E-state index contributed by atoms with van der Waals surface area (Å²) in [5, 5.41) is 10.5. The van der Waals surface area contributed by atoms with Crippen LogP contribution in [0.4, 0.5) is 0 Å². The number of aliphatic hydroxyl groups excluding tert-OH is 1. The summed E-state index contributed by atoms with van der Waals surface area (Å²) in [6.07, 6.45) is 3.52. The number of hydrogen-bond acceptors (Lipinski definition) is 3. The summed E-state index contributed by atoms with van der Waals surface area (Å²) in [5.41, 5.74) is 1.68. The first-order valence-corrected chi connectivity index (χ1v) is 6.73. The summed E-state index contributed by atoms with van der Waals surface area (Å²) < 4.78 is 0. The van der Waals surface area contributed by atoms with Gasteiger partial charge in [0, 0.05) is 24.6 Å². The molecule has 1 aliphatic heterocycles. The monoisotopic (exact) mass is 268 g/mol. The third-order valence-electron chi connectivity index (χ3n) is 3.49. The molecule has 3 rings (SSSR count). The molecule has 2 aromatic rings. The predicted octanol–water partition coefficient (Wildman–Crippen LogP) is 1.84. The highest BCUT2D eigenvalue weighted by atomic mass is 16.3. The molecular formula is C16H16N2O2. The Morgan fingerprint density at radius 2 is 2.15 bits per heavy atom. The smallest absolute Gasteiger partial charge is 0.246 e. The SMILES string of the molecule is O=C(C=Cc1ccc2ccccc2n1)N1CC[C@@H](O)C1. The number of para-hydroxylation sites is 1. The van der Waals surface area contributed by atoms with Crippen LogP contribution in [0.1, 0.15) is 12.1 Å². The third kappa shape index (κ3) is 2.70. The van der Waals surface area contributed by atoms with Gasteiger partial charge in [-0.15, -0.1) is 0 Å². The number of fused-ring (bicyclic) bond motifs is 1. The average molecular weight is 268 g/mol. The highest BCUT2D eigenvalue weighted by Gasteiger charge is 2.22. The molecule has 1 N–H and O–H groups in total. The first-order chi connectivity index (χ1) is 9.72. The maximum Gasteiger partial charge on any atom is 0.246 e. The van der Waals surface area contributed by atoms with Crippen LogP contribution in [0, 0.1) is 0 Å². The van der Waals surface area contributed by atoms with E-state index in [0.717, 1.165) is 16.6 Å². The molecule has 20 heavy (non-hydrogen) atoms. The van der Waals surface area contributed by atoms with Crippen molar-refractivity contribution in [1.29, 1.82) is 0 Å². The van der Waals surface area contributed by atoms with Gasteiger partial charge in [-0.25, -0.2) is 4.98 Å².